The molecule has 3 aliphatic rings. The van der Waals surface area contributed by atoms with Crippen molar-refractivity contribution in [1.82, 2.24) is 4.57 Å². The Labute approximate surface area is 188 Å². The average Bonchev–Trinajstić information content (AvgIpc) is 3.37. The number of allylic oxidation sites excluding steroid dienone is 6. The molecule has 2 nitrogen and oxygen atoms in total. The van der Waals surface area contributed by atoms with Gasteiger partial charge in [0.2, 0.25) is 0 Å². The Hall–Kier alpha value is -3.78. The van der Waals surface area contributed by atoms with Crippen molar-refractivity contribution >= 4 is 38.9 Å². The number of para-hydroxylation sites is 2. The molecular weight excluding hydrogens is 388 g/mol. The molecule has 2 unspecified atom stereocenters. The van der Waals surface area contributed by atoms with Crippen LogP contribution in [0.1, 0.15) is 24.3 Å². The average molecular weight is 413 g/mol. The first kappa shape index (κ1) is 17.9. The zero-order valence-electron chi connectivity index (χ0n) is 17.9. The Bertz CT molecular complexity index is 1490. The third-order valence-electron chi connectivity index (χ3n) is 7.13. The van der Waals surface area contributed by atoms with Crippen molar-refractivity contribution in [1.29, 1.82) is 0 Å². The molecule has 2 atom stereocenters. The summed E-state index contributed by atoms with van der Waals surface area (Å²) in [4.78, 5) is 2.52. The zero-order valence-corrected chi connectivity index (χ0v) is 17.9. The third-order valence-corrected chi connectivity index (χ3v) is 7.13. The van der Waals surface area contributed by atoms with Crippen LogP contribution >= 0.6 is 0 Å². The molecule has 32 heavy (non-hydrogen) atoms. The fraction of sp³-hybridized carbons (Fsp3) is 0.133. The number of rotatable bonds is 2. The number of benzene rings is 3. The summed E-state index contributed by atoms with van der Waals surface area (Å²) in [6.07, 6.45) is 18.2. The van der Waals surface area contributed by atoms with E-state index in [2.05, 4.69) is 119 Å². The summed E-state index contributed by atoms with van der Waals surface area (Å²) in [6.45, 7) is 0. The molecule has 0 radical (unpaired) electrons. The SMILES string of the molecule is C1=CC2c3ccccc3N(c3ccc4c(c3)c3ccccc3n4C3=CCCC=C3)C2C=C1. The van der Waals surface area contributed by atoms with E-state index in [1.54, 1.807) is 0 Å². The highest BCUT2D eigenvalue weighted by atomic mass is 15.2. The number of nitrogens with zero attached hydrogens (tertiary/aromatic N) is 2. The van der Waals surface area contributed by atoms with Crippen molar-refractivity contribution in [3.8, 4) is 0 Å². The minimum absolute atomic E-state index is 0.326. The first-order valence-electron chi connectivity index (χ1n) is 11.5. The Morgan fingerprint density at radius 1 is 0.750 bits per heavy atom. The van der Waals surface area contributed by atoms with Gasteiger partial charge in [0.25, 0.3) is 0 Å². The van der Waals surface area contributed by atoms with E-state index < -0.39 is 0 Å². The van der Waals surface area contributed by atoms with Crippen molar-refractivity contribution in [3.05, 3.63) is 115 Å². The molecule has 1 aromatic heterocycles. The first-order chi connectivity index (χ1) is 15.9. The van der Waals surface area contributed by atoms with E-state index in [-0.39, 0.29) is 0 Å². The molecule has 0 saturated heterocycles. The Kier molecular flexibility index (Phi) is 3.83. The van der Waals surface area contributed by atoms with E-state index in [1.165, 1.54) is 44.4 Å². The molecule has 2 aliphatic carbocycles. The van der Waals surface area contributed by atoms with Gasteiger partial charge in [-0.25, -0.2) is 0 Å². The summed E-state index contributed by atoms with van der Waals surface area (Å²) in [5.41, 5.74) is 7.82. The fourth-order valence-corrected chi connectivity index (χ4v) is 5.74. The first-order valence-corrected chi connectivity index (χ1v) is 11.5. The van der Waals surface area contributed by atoms with Gasteiger partial charge in [-0.15, -0.1) is 0 Å². The lowest BCUT2D eigenvalue weighted by Gasteiger charge is -2.28. The number of aromatic nitrogens is 1. The Balaban J connectivity index is 1.46. The minimum atomic E-state index is 0.326. The lowest BCUT2D eigenvalue weighted by atomic mass is 9.91. The van der Waals surface area contributed by atoms with Gasteiger partial charge in [-0.3, -0.25) is 0 Å². The molecular formula is C30H24N2. The van der Waals surface area contributed by atoms with Crippen molar-refractivity contribution in [2.24, 2.45) is 0 Å². The van der Waals surface area contributed by atoms with Crippen molar-refractivity contribution in [2.45, 2.75) is 24.8 Å². The summed E-state index contributed by atoms with van der Waals surface area (Å²) in [5.74, 6) is 0.408. The summed E-state index contributed by atoms with van der Waals surface area (Å²) in [7, 11) is 0. The van der Waals surface area contributed by atoms with Gasteiger partial charge in [0.1, 0.15) is 0 Å². The Morgan fingerprint density at radius 2 is 1.59 bits per heavy atom. The number of hydrogen-bond acceptors (Lipinski definition) is 1. The maximum absolute atomic E-state index is 2.52. The molecule has 0 saturated carbocycles. The molecule has 0 fully saturated rings. The zero-order chi connectivity index (χ0) is 21.1. The second-order valence-electron chi connectivity index (χ2n) is 8.88. The van der Waals surface area contributed by atoms with Crippen LogP contribution in [0.3, 0.4) is 0 Å². The molecule has 154 valence electrons. The van der Waals surface area contributed by atoms with E-state index in [9.17, 15) is 0 Å². The Morgan fingerprint density at radius 3 is 2.53 bits per heavy atom. The summed E-state index contributed by atoms with van der Waals surface area (Å²) in [5, 5.41) is 2.63. The van der Waals surface area contributed by atoms with Crippen LogP contribution in [0.5, 0.6) is 0 Å². The molecule has 0 bridgehead atoms. The molecule has 3 aromatic carbocycles. The predicted octanol–water partition coefficient (Wildman–Crippen LogP) is 7.72. The molecule has 0 amide bonds. The molecule has 0 N–H and O–H groups in total. The molecule has 0 spiro atoms. The normalized spacial score (nSPS) is 21.2. The van der Waals surface area contributed by atoms with Crippen LogP contribution in [0.15, 0.2) is 109 Å². The van der Waals surface area contributed by atoms with Gasteiger partial charge < -0.3 is 9.47 Å². The van der Waals surface area contributed by atoms with Gasteiger partial charge in [0.15, 0.2) is 0 Å². The van der Waals surface area contributed by atoms with Gasteiger partial charge in [0, 0.05) is 33.8 Å². The van der Waals surface area contributed by atoms with Crippen molar-refractivity contribution in [3.63, 3.8) is 0 Å². The maximum Gasteiger partial charge on any atom is 0.0629 e. The highest BCUT2D eigenvalue weighted by Gasteiger charge is 2.37. The van der Waals surface area contributed by atoms with Crippen LogP contribution < -0.4 is 4.90 Å². The number of fused-ring (bicyclic) bond motifs is 6. The van der Waals surface area contributed by atoms with Gasteiger partial charge in [-0.2, -0.15) is 0 Å². The van der Waals surface area contributed by atoms with Crippen LogP contribution in [0, 0.1) is 0 Å². The van der Waals surface area contributed by atoms with Crippen molar-refractivity contribution < 1.29 is 0 Å². The smallest absolute Gasteiger partial charge is 0.0629 e. The molecule has 1 aliphatic heterocycles. The van der Waals surface area contributed by atoms with E-state index in [0.717, 1.165) is 12.8 Å². The second-order valence-corrected chi connectivity index (χ2v) is 8.88. The monoisotopic (exact) mass is 412 g/mol. The van der Waals surface area contributed by atoms with Crippen molar-refractivity contribution in [2.75, 3.05) is 4.90 Å². The molecule has 2 heteroatoms. The molecule has 7 rings (SSSR count). The van der Waals surface area contributed by atoms with Gasteiger partial charge in [-0.05, 0) is 54.8 Å². The van der Waals surface area contributed by atoms with Crippen LogP contribution in [0.25, 0.3) is 27.5 Å². The minimum Gasteiger partial charge on any atom is -0.333 e. The lowest BCUT2D eigenvalue weighted by molar-refractivity contribution is 0.745. The maximum atomic E-state index is 2.52. The summed E-state index contributed by atoms with van der Waals surface area (Å²) >= 11 is 0. The standard InChI is InChI=1S/C30H24N2/c1-2-10-21(11-3-1)31-29-17-9-6-14-25(29)26-20-22(18-19-30(26)31)32-27-15-7-4-12-23(27)24-13-5-8-16-28(24)32/h2,4-20,23,27H,1,3H2. The highest BCUT2D eigenvalue weighted by molar-refractivity contribution is 6.11. The molecule has 4 aromatic rings. The molecule has 2 heterocycles. The predicted molar refractivity (Wildman–Crippen MR) is 135 cm³/mol. The topological polar surface area (TPSA) is 8.17 Å². The van der Waals surface area contributed by atoms with Gasteiger partial charge >= 0.3 is 0 Å². The second kappa shape index (κ2) is 6.86. The van der Waals surface area contributed by atoms with Crippen LogP contribution in [-0.4, -0.2) is 10.6 Å². The lowest BCUT2D eigenvalue weighted by Crippen LogP contribution is -2.28. The van der Waals surface area contributed by atoms with E-state index in [1.807, 2.05) is 0 Å². The van der Waals surface area contributed by atoms with E-state index in [0.29, 0.717) is 12.0 Å². The summed E-state index contributed by atoms with van der Waals surface area (Å²) < 4.78 is 2.42. The third kappa shape index (κ3) is 2.47. The van der Waals surface area contributed by atoms with E-state index >= 15 is 0 Å². The fourth-order valence-electron chi connectivity index (χ4n) is 5.74. The van der Waals surface area contributed by atoms with Gasteiger partial charge in [-0.1, -0.05) is 72.9 Å². The van der Waals surface area contributed by atoms with Gasteiger partial charge in [0.05, 0.1) is 17.1 Å². The van der Waals surface area contributed by atoms with E-state index in [4.69, 9.17) is 0 Å². The van der Waals surface area contributed by atoms with Crippen LogP contribution in [-0.2, 0) is 0 Å². The quantitative estimate of drug-likeness (QED) is 0.327. The van der Waals surface area contributed by atoms with Crippen LogP contribution in [0.4, 0.5) is 11.4 Å². The number of hydrogen-bond donors (Lipinski definition) is 0. The largest absolute Gasteiger partial charge is 0.333 e. The highest BCUT2D eigenvalue weighted by Crippen LogP contribution is 2.48. The number of anilines is 2. The summed E-state index contributed by atoms with van der Waals surface area (Å²) in [6, 6.07) is 25.0. The van der Waals surface area contributed by atoms with Crippen LogP contribution in [0.2, 0.25) is 0 Å².